The number of nitrogens with zero attached hydrogens (tertiary/aromatic N) is 3. The summed E-state index contributed by atoms with van der Waals surface area (Å²) in [6.45, 7) is 8.01. The fourth-order valence-electron chi connectivity index (χ4n) is 3.27. The lowest BCUT2D eigenvalue weighted by molar-refractivity contribution is 0.101. The highest BCUT2D eigenvalue weighted by Gasteiger charge is 2.23. The molecule has 3 rings (SSSR count). The molecule has 0 atom stereocenters. The number of nitrogens with one attached hydrogen (secondary N) is 3. The first-order valence-corrected chi connectivity index (χ1v) is 12.7. The van der Waals surface area contributed by atoms with E-state index in [1.165, 1.54) is 12.3 Å². The number of benzene rings is 1. The van der Waals surface area contributed by atoms with Crippen LogP contribution < -0.4 is 10.0 Å². The second-order valence-electron chi connectivity index (χ2n) is 7.62. The third kappa shape index (κ3) is 6.32. The van der Waals surface area contributed by atoms with Gasteiger partial charge in [-0.2, -0.15) is 5.10 Å². The fraction of sp³-hybridized carbons (Fsp3) is 0.348. The smallest absolute Gasteiger partial charge is 0.261 e. The Morgan fingerprint density at radius 3 is 2.63 bits per heavy atom. The van der Waals surface area contributed by atoms with Crippen LogP contribution in [0.2, 0.25) is 0 Å². The topological polar surface area (TPSA) is 120 Å². The fourth-order valence-corrected chi connectivity index (χ4v) is 4.40. The molecule has 12 heteroatoms. The molecule has 186 valence electrons. The van der Waals surface area contributed by atoms with Crippen molar-refractivity contribution in [1.29, 1.82) is 0 Å². The predicted octanol–water partition coefficient (Wildman–Crippen LogP) is 3.33. The van der Waals surface area contributed by atoms with E-state index >= 15 is 0 Å². The number of pyridine rings is 1. The number of aromatic amines is 1. The van der Waals surface area contributed by atoms with E-state index in [1.54, 1.807) is 6.92 Å². The number of hydrogen-bond donors (Lipinski definition) is 3. The Bertz CT molecular complexity index is 1390. The van der Waals surface area contributed by atoms with Gasteiger partial charge in [-0.1, -0.05) is 26.7 Å². The maximum absolute atomic E-state index is 14.9. The van der Waals surface area contributed by atoms with Crippen molar-refractivity contribution in [3.8, 4) is 11.8 Å². The van der Waals surface area contributed by atoms with Gasteiger partial charge in [0.05, 0.1) is 35.3 Å². The molecule has 3 N–H and O–H groups in total. The number of halogens is 2. The van der Waals surface area contributed by atoms with E-state index in [9.17, 15) is 22.0 Å². The molecule has 0 aliphatic carbocycles. The monoisotopic (exact) mass is 504 g/mol. The Morgan fingerprint density at radius 1 is 1.20 bits per heavy atom. The maximum Gasteiger partial charge on any atom is 0.261 e. The summed E-state index contributed by atoms with van der Waals surface area (Å²) in [6.07, 6.45) is 1.59. The second kappa shape index (κ2) is 11.2. The van der Waals surface area contributed by atoms with Crippen molar-refractivity contribution in [2.45, 2.75) is 27.2 Å². The molecule has 1 amide bonds. The SMILES string of the molecule is CCCS(=O)(=O)Nc1ccc(F)c(C(=O)Nc2cnc3n[nH]c(C#CCN(CC)CC)c3c2)c1F. The summed E-state index contributed by atoms with van der Waals surface area (Å²) in [5.41, 5.74) is -0.431. The standard InChI is InChI=1S/C23H26F2N6O3S/c1-4-12-35(33,34)30-19-10-9-17(24)20(21(19)25)23(32)27-15-13-16-18(28-29-22(16)26-14-15)8-7-11-31(5-2)6-3/h9-10,13-14,30H,4-6,11-12H2,1-3H3,(H,27,32)(H,26,28,29). The van der Waals surface area contributed by atoms with Crippen LogP contribution in [0.25, 0.3) is 11.0 Å². The van der Waals surface area contributed by atoms with Crippen LogP contribution >= 0.6 is 0 Å². The zero-order chi connectivity index (χ0) is 25.6. The molecule has 0 fully saturated rings. The van der Waals surface area contributed by atoms with Gasteiger partial charge in [0.1, 0.15) is 17.1 Å². The quantitative estimate of drug-likeness (QED) is 0.385. The molecular weight excluding hydrogens is 478 g/mol. The van der Waals surface area contributed by atoms with Crippen molar-refractivity contribution in [3.05, 3.63) is 47.3 Å². The summed E-state index contributed by atoms with van der Waals surface area (Å²) in [5.74, 6) is 2.23. The highest BCUT2D eigenvalue weighted by atomic mass is 32.2. The van der Waals surface area contributed by atoms with Crippen LogP contribution in [0, 0.1) is 23.5 Å². The van der Waals surface area contributed by atoms with Crippen molar-refractivity contribution in [2.24, 2.45) is 0 Å². The number of carbonyl (C=O) groups excluding carboxylic acids is 1. The summed E-state index contributed by atoms with van der Waals surface area (Å²) in [7, 11) is -3.84. The van der Waals surface area contributed by atoms with Crippen LogP contribution in [0.4, 0.5) is 20.2 Å². The number of amides is 1. The molecule has 0 radical (unpaired) electrons. The third-order valence-corrected chi connectivity index (χ3v) is 6.61. The van der Waals surface area contributed by atoms with E-state index in [2.05, 4.69) is 37.2 Å². The molecule has 0 aliphatic heterocycles. The second-order valence-corrected chi connectivity index (χ2v) is 9.46. The van der Waals surface area contributed by atoms with Crippen molar-refractivity contribution in [2.75, 3.05) is 35.4 Å². The first kappa shape index (κ1) is 26.1. The van der Waals surface area contributed by atoms with E-state index in [1.807, 2.05) is 18.6 Å². The lowest BCUT2D eigenvalue weighted by Crippen LogP contribution is -2.22. The summed E-state index contributed by atoms with van der Waals surface area (Å²) < 4.78 is 55.3. The lowest BCUT2D eigenvalue weighted by atomic mass is 10.1. The normalized spacial score (nSPS) is 11.4. The van der Waals surface area contributed by atoms with Crippen molar-refractivity contribution < 1.29 is 22.0 Å². The Kier molecular flexibility index (Phi) is 8.37. The van der Waals surface area contributed by atoms with E-state index in [0.717, 1.165) is 25.2 Å². The number of fused-ring (bicyclic) bond motifs is 1. The average Bonchev–Trinajstić information content (AvgIpc) is 3.21. The Morgan fingerprint density at radius 2 is 1.94 bits per heavy atom. The van der Waals surface area contributed by atoms with Gasteiger partial charge < -0.3 is 5.32 Å². The molecule has 9 nitrogen and oxygen atoms in total. The zero-order valence-electron chi connectivity index (χ0n) is 19.6. The lowest BCUT2D eigenvalue weighted by Gasteiger charge is -2.13. The van der Waals surface area contributed by atoms with E-state index in [0.29, 0.717) is 29.7 Å². The van der Waals surface area contributed by atoms with Gasteiger partial charge in [-0.3, -0.25) is 19.5 Å². The van der Waals surface area contributed by atoms with Crippen LogP contribution in [0.1, 0.15) is 43.2 Å². The molecule has 35 heavy (non-hydrogen) atoms. The third-order valence-electron chi connectivity index (χ3n) is 5.13. The summed E-state index contributed by atoms with van der Waals surface area (Å²) in [5, 5.41) is 9.79. The Balaban J connectivity index is 1.86. The number of anilines is 2. The highest BCUT2D eigenvalue weighted by molar-refractivity contribution is 7.92. The van der Waals surface area contributed by atoms with Gasteiger partial charge in [0.25, 0.3) is 5.91 Å². The van der Waals surface area contributed by atoms with Gasteiger partial charge in [0, 0.05) is 0 Å². The Labute approximate surface area is 202 Å². The molecule has 0 saturated carbocycles. The molecule has 0 unspecified atom stereocenters. The van der Waals surface area contributed by atoms with Gasteiger partial charge in [-0.05, 0) is 43.6 Å². The molecule has 0 bridgehead atoms. The van der Waals surface area contributed by atoms with Crippen LogP contribution in [0.3, 0.4) is 0 Å². The van der Waals surface area contributed by atoms with Gasteiger partial charge >= 0.3 is 0 Å². The first-order valence-electron chi connectivity index (χ1n) is 11.0. The molecule has 0 spiro atoms. The van der Waals surface area contributed by atoms with Gasteiger partial charge in [0.15, 0.2) is 11.5 Å². The highest BCUT2D eigenvalue weighted by Crippen LogP contribution is 2.24. The largest absolute Gasteiger partial charge is 0.320 e. The van der Waals surface area contributed by atoms with Crippen LogP contribution in [0.15, 0.2) is 24.4 Å². The van der Waals surface area contributed by atoms with Gasteiger partial charge in [-0.15, -0.1) is 0 Å². The van der Waals surface area contributed by atoms with Crippen molar-refractivity contribution in [3.63, 3.8) is 0 Å². The minimum Gasteiger partial charge on any atom is -0.320 e. The van der Waals surface area contributed by atoms with E-state index < -0.39 is 38.8 Å². The van der Waals surface area contributed by atoms with Crippen LogP contribution in [0.5, 0.6) is 0 Å². The number of rotatable bonds is 9. The molecule has 2 heterocycles. The van der Waals surface area contributed by atoms with E-state index in [-0.39, 0.29) is 11.4 Å². The average molecular weight is 505 g/mol. The molecular formula is C23H26F2N6O3S. The van der Waals surface area contributed by atoms with Crippen LogP contribution in [-0.4, -0.2) is 59.8 Å². The number of sulfonamides is 1. The van der Waals surface area contributed by atoms with Crippen LogP contribution in [-0.2, 0) is 10.0 Å². The molecule has 0 aliphatic rings. The minimum atomic E-state index is -3.84. The van der Waals surface area contributed by atoms with Gasteiger partial charge in [-0.25, -0.2) is 22.2 Å². The molecule has 2 aromatic heterocycles. The van der Waals surface area contributed by atoms with Crippen molar-refractivity contribution in [1.82, 2.24) is 20.1 Å². The number of carbonyl (C=O) groups is 1. The van der Waals surface area contributed by atoms with E-state index in [4.69, 9.17) is 0 Å². The zero-order valence-corrected chi connectivity index (χ0v) is 20.4. The Hall–Kier alpha value is -3.56. The molecule has 3 aromatic rings. The number of H-pyrrole nitrogens is 1. The summed E-state index contributed by atoms with van der Waals surface area (Å²) >= 11 is 0. The first-order chi connectivity index (χ1) is 16.7. The number of aromatic nitrogens is 3. The predicted molar refractivity (Wildman–Crippen MR) is 131 cm³/mol. The molecule has 0 saturated heterocycles. The van der Waals surface area contributed by atoms with Crippen molar-refractivity contribution >= 4 is 38.3 Å². The molecule has 1 aromatic carbocycles. The summed E-state index contributed by atoms with van der Waals surface area (Å²) in [6, 6.07) is 3.29. The number of hydrogen-bond acceptors (Lipinski definition) is 6. The minimum absolute atomic E-state index is 0.159. The van der Waals surface area contributed by atoms with Gasteiger partial charge in [0.2, 0.25) is 10.0 Å². The maximum atomic E-state index is 14.9. The summed E-state index contributed by atoms with van der Waals surface area (Å²) in [4.78, 5) is 19.0.